The van der Waals surface area contributed by atoms with Crippen LogP contribution in [0, 0.1) is 0 Å². The molecule has 1 aromatic heterocycles. The molecule has 2 rings (SSSR count). The Balaban J connectivity index is 2.13. The van der Waals surface area contributed by atoms with E-state index in [1.165, 1.54) is 0 Å². The molecule has 0 saturated carbocycles. The highest BCUT2D eigenvalue weighted by atomic mass is 79.9. The SMILES string of the molecule is CC1SCC(C(O)c2c(Br)cnn2C)SC1C. The number of thioether (sulfide) groups is 2. The fourth-order valence-electron chi connectivity index (χ4n) is 1.90. The third-order valence-electron chi connectivity index (χ3n) is 3.14. The van der Waals surface area contributed by atoms with Crippen LogP contribution in [0.25, 0.3) is 0 Å². The highest BCUT2D eigenvalue weighted by Crippen LogP contribution is 2.41. The number of hydrogen-bond donors (Lipinski definition) is 1. The number of aliphatic hydroxyl groups is 1. The molecule has 1 aliphatic heterocycles. The molecule has 1 fully saturated rings. The summed E-state index contributed by atoms with van der Waals surface area (Å²) >= 11 is 7.28. The van der Waals surface area contributed by atoms with E-state index in [0.29, 0.717) is 10.5 Å². The molecule has 0 spiro atoms. The molecule has 0 amide bonds. The Labute approximate surface area is 119 Å². The fourth-order valence-corrected chi connectivity index (χ4v) is 5.46. The third kappa shape index (κ3) is 2.85. The standard InChI is InChI=1S/C11H17BrN2OS2/c1-6-7(2)17-9(5-16-6)11(15)10-8(12)4-13-14(10)3/h4,6-7,9,11,15H,5H2,1-3H3. The molecule has 0 aromatic carbocycles. The minimum Gasteiger partial charge on any atom is -0.386 e. The van der Waals surface area contributed by atoms with Crippen molar-refractivity contribution in [2.75, 3.05) is 5.75 Å². The predicted molar refractivity (Wildman–Crippen MR) is 78.6 cm³/mol. The van der Waals surface area contributed by atoms with Crippen LogP contribution in [0.2, 0.25) is 0 Å². The van der Waals surface area contributed by atoms with Crippen molar-refractivity contribution >= 4 is 39.5 Å². The Morgan fingerprint density at radius 1 is 1.53 bits per heavy atom. The van der Waals surface area contributed by atoms with E-state index in [2.05, 4.69) is 34.9 Å². The van der Waals surface area contributed by atoms with Crippen LogP contribution >= 0.6 is 39.5 Å². The van der Waals surface area contributed by atoms with E-state index >= 15 is 0 Å². The van der Waals surface area contributed by atoms with Gasteiger partial charge in [0, 0.05) is 28.6 Å². The summed E-state index contributed by atoms with van der Waals surface area (Å²) in [6.45, 7) is 4.49. The maximum Gasteiger partial charge on any atom is 0.109 e. The summed E-state index contributed by atoms with van der Waals surface area (Å²) in [6, 6.07) is 0. The number of aliphatic hydroxyl groups excluding tert-OH is 1. The van der Waals surface area contributed by atoms with Gasteiger partial charge in [0.2, 0.25) is 0 Å². The second-order valence-corrected chi connectivity index (χ2v) is 8.25. The van der Waals surface area contributed by atoms with E-state index in [1.54, 1.807) is 10.9 Å². The molecule has 17 heavy (non-hydrogen) atoms. The summed E-state index contributed by atoms with van der Waals surface area (Å²) in [5, 5.41) is 16.1. The zero-order valence-corrected chi connectivity index (χ0v) is 13.3. The van der Waals surface area contributed by atoms with Crippen molar-refractivity contribution < 1.29 is 5.11 Å². The largest absolute Gasteiger partial charge is 0.386 e. The topological polar surface area (TPSA) is 38.1 Å². The molecule has 1 saturated heterocycles. The predicted octanol–water partition coefficient (Wildman–Crippen LogP) is 2.84. The van der Waals surface area contributed by atoms with Crippen LogP contribution in [0.5, 0.6) is 0 Å². The van der Waals surface area contributed by atoms with Crippen molar-refractivity contribution in [1.29, 1.82) is 0 Å². The number of aryl methyl sites for hydroxylation is 1. The first-order chi connectivity index (χ1) is 8.00. The third-order valence-corrected chi connectivity index (χ3v) is 7.24. The summed E-state index contributed by atoms with van der Waals surface area (Å²) < 4.78 is 2.65. The zero-order valence-electron chi connectivity index (χ0n) is 10.1. The van der Waals surface area contributed by atoms with E-state index in [4.69, 9.17) is 0 Å². The van der Waals surface area contributed by atoms with Gasteiger partial charge < -0.3 is 5.11 Å². The first-order valence-electron chi connectivity index (χ1n) is 5.63. The molecule has 2 heterocycles. The molecule has 1 aliphatic rings. The van der Waals surface area contributed by atoms with Crippen molar-refractivity contribution in [3.63, 3.8) is 0 Å². The van der Waals surface area contributed by atoms with Crippen molar-refractivity contribution in [2.45, 2.75) is 35.7 Å². The fraction of sp³-hybridized carbons (Fsp3) is 0.727. The van der Waals surface area contributed by atoms with Crippen LogP contribution in [0.15, 0.2) is 10.7 Å². The summed E-state index contributed by atoms with van der Waals surface area (Å²) in [7, 11) is 1.87. The second-order valence-electron chi connectivity index (χ2n) is 4.36. The minimum atomic E-state index is -0.454. The molecule has 4 unspecified atom stereocenters. The van der Waals surface area contributed by atoms with E-state index in [1.807, 2.05) is 30.6 Å². The van der Waals surface area contributed by atoms with E-state index in [-0.39, 0.29) is 5.25 Å². The number of aromatic nitrogens is 2. The maximum absolute atomic E-state index is 10.5. The van der Waals surface area contributed by atoms with Crippen LogP contribution in [0.1, 0.15) is 25.6 Å². The summed E-state index contributed by atoms with van der Waals surface area (Å²) in [5.74, 6) is 0.995. The number of nitrogens with zero attached hydrogens (tertiary/aromatic N) is 2. The van der Waals surface area contributed by atoms with Gasteiger partial charge in [0.1, 0.15) is 6.10 Å². The van der Waals surface area contributed by atoms with E-state index in [0.717, 1.165) is 15.9 Å². The first-order valence-corrected chi connectivity index (χ1v) is 8.41. The van der Waals surface area contributed by atoms with Crippen molar-refractivity contribution in [3.05, 3.63) is 16.4 Å². The average Bonchev–Trinajstić information content (AvgIpc) is 2.62. The minimum absolute atomic E-state index is 0.248. The monoisotopic (exact) mass is 336 g/mol. The molecule has 6 heteroatoms. The number of halogens is 1. The van der Waals surface area contributed by atoms with E-state index in [9.17, 15) is 5.11 Å². The first kappa shape index (κ1) is 13.8. The average molecular weight is 337 g/mol. The Bertz CT molecular complexity index is 379. The van der Waals surface area contributed by atoms with Crippen molar-refractivity contribution in [1.82, 2.24) is 9.78 Å². The van der Waals surface area contributed by atoms with Gasteiger partial charge in [0.25, 0.3) is 0 Å². The van der Waals surface area contributed by atoms with Gasteiger partial charge in [-0.15, -0.1) is 0 Å². The molecule has 1 N–H and O–H groups in total. The molecular formula is C11H17BrN2OS2. The van der Waals surface area contributed by atoms with Gasteiger partial charge in [-0.25, -0.2) is 0 Å². The van der Waals surface area contributed by atoms with Crippen LogP contribution < -0.4 is 0 Å². The lowest BCUT2D eigenvalue weighted by Crippen LogP contribution is -2.31. The summed E-state index contributed by atoms with van der Waals surface area (Å²) in [5.41, 5.74) is 0.879. The Kier molecular flexibility index (Phi) is 4.50. The normalized spacial score (nSPS) is 31.5. The van der Waals surface area contributed by atoms with Gasteiger partial charge >= 0.3 is 0 Å². The zero-order chi connectivity index (χ0) is 12.6. The smallest absolute Gasteiger partial charge is 0.109 e. The van der Waals surface area contributed by atoms with Crippen LogP contribution in [0.3, 0.4) is 0 Å². The van der Waals surface area contributed by atoms with Gasteiger partial charge in [-0.05, 0) is 15.9 Å². The molecule has 1 aromatic rings. The Morgan fingerprint density at radius 2 is 2.24 bits per heavy atom. The summed E-state index contributed by atoms with van der Waals surface area (Å²) in [4.78, 5) is 0. The van der Waals surface area contributed by atoms with Crippen LogP contribution in [-0.4, -0.2) is 36.4 Å². The molecule has 96 valence electrons. The van der Waals surface area contributed by atoms with Gasteiger partial charge in [-0.1, -0.05) is 13.8 Å². The molecule has 0 radical (unpaired) electrons. The summed E-state index contributed by atoms with van der Waals surface area (Å²) in [6.07, 6.45) is 1.29. The quantitative estimate of drug-likeness (QED) is 0.901. The molecular weight excluding hydrogens is 320 g/mol. The van der Waals surface area contributed by atoms with Gasteiger partial charge in [0.05, 0.1) is 16.4 Å². The molecule has 0 aliphatic carbocycles. The second kappa shape index (κ2) is 5.55. The van der Waals surface area contributed by atoms with Crippen molar-refractivity contribution in [2.24, 2.45) is 7.05 Å². The number of hydrogen-bond acceptors (Lipinski definition) is 4. The Morgan fingerprint density at radius 3 is 2.76 bits per heavy atom. The van der Waals surface area contributed by atoms with Crippen LogP contribution in [0.4, 0.5) is 0 Å². The van der Waals surface area contributed by atoms with Crippen LogP contribution in [-0.2, 0) is 7.05 Å². The highest BCUT2D eigenvalue weighted by molar-refractivity contribution is 9.10. The number of rotatable bonds is 2. The van der Waals surface area contributed by atoms with Crippen molar-refractivity contribution in [3.8, 4) is 0 Å². The van der Waals surface area contributed by atoms with E-state index < -0.39 is 6.10 Å². The van der Waals surface area contributed by atoms with Gasteiger partial charge in [-0.3, -0.25) is 4.68 Å². The van der Waals surface area contributed by atoms with Gasteiger partial charge in [0.15, 0.2) is 0 Å². The lowest BCUT2D eigenvalue weighted by molar-refractivity contribution is 0.169. The lowest BCUT2D eigenvalue weighted by atomic mass is 10.2. The maximum atomic E-state index is 10.5. The Hall–Kier alpha value is 0.350. The highest BCUT2D eigenvalue weighted by Gasteiger charge is 2.33. The lowest BCUT2D eigenvalue weighted by Gasteiger charge is -2.33. The molecule has 4 atom stereocenters. The van der Waals surface area contributed by atoms with Gasteiger partial charge in [-0.2, -0.15) is 28.6 Å². The molecule has 0 bridgehead atoms. The molecule has 3 nitrogen and oxygen atoms in total.